The zero-order valence-corrected chi connectivity index (χ0v) is 32.7. The van der Waals surface area contributed by atoms with Crippen LogP contribution in [0.1, 0.15) is 191 Å². The van der Waals surface area contributed by atoms with E-state index in [0.29, 0.717) is 12.6 Å². The fourth-order valence-electron chi connectivity index (χ4n) is 6.28. The Morgan fingerprint density at radius 2 is 1.11 bits per heavy atom. The van der Waals surface area contributed by atoms with Crippen LogP contribution >= 0.6 is 7.37 Å². The smallest absolute Gasteiger partial charge is 0.204 e. The van der Waals surface area contributed by atoms with Gasteiger partial charge in [-0.05, 0) is 63.7 Å². The first-order chi connectivity index (χ1) is 20.9. The maximum atomic E-state index is 13.5. The van der Waals surface area contributed by atoms with Crippen molar-refractivity contribution in [3.8, 4) is 0 Å². The lowest BCUT2D eigenvalue weighted by molar-refractivity contribution is -0.108. The maximum Gasteiger partial charge on any atom is 0.204 e. The SMILES string of the molecule is C=C(CCCCCCCCCCCCCCCCCCP(=O)(CC(C)(C)C)OC(C)(C)C)NC(CCC=O)C(=C)CC(C)(C)C. The van der Waals surface area contributed by atoms with Crippen molar-refractivity contribution < 1.29 is 13.9 Å². The van der Waals surface area contributed by atoms with E-state index in [1.54, 1.807) is 0 Å². The monoisotopic (exact) mass is 652 g/mol. The number of carbonyl (C=O) groups is 1. The molecular formula is C40H78NO3P. The van der Waals surface area contributed by atoms with E-state index in [1.165, 1.54) is 102 Å². The second kappa shape index (κ2) is 23.5. The highest BCUT2D eigenvalue weighted by molar-refractivity contribution is 7.59. The van der Waals surface area contributed by atoms with E-state index in [0.717, 1.165) is 43.8 Å². The van der Waals surface area contributed by atoms with Gasteiger partial charge in [-0.2, -0.15) is 0 Å². The zero-order valence-electron chi connectivity index (χ0n) is 31.8. The summed E-state index contributed by atoms with van der Waals surface area (Å²) >= 11 is 0. The Morgan fingerprint density at radius 3 is 1.49 bits per heavy atom. The number of aldehydes is 1. The molecule has 0 aromatic heterocycles. The standard InChI is InChI=1S/C40H78NO3P/c1-35(33-38(3,4)5)37(30-28-31-42)41-36(2)29-26-24-22-20-18-16-14-12-13-15-17-19-21-23-25-27-32-45(43,34-39(6,7)8)44-40(9,10)11/h31,37,41H,1-2,12-30,32-34H2,3-11H3. The Hall–Kier alpha value is -0.860. The van der Waals surface area contributed by atoms with Gasteiger partial charge in [0.25, 0.3) is 0 Å². The molecule has 0 aromatic carbocycles. The summed E-state index contributed by atoms with van der Waals surface area (Å²) in [5.41, 5.74) is 2.15. The predicted octanol–water partition coefficient (Wildman–Crippen LogP) is 13.2. The minimum Gasteiger partial charge on any atom is -0.382 e. The topological polar surface area (TPSA) is 55.4 Å². The zero-order chi connectivity index (χ0) is 34.4. The Balaban J connectivity index is 3.77. The fraction of sp³-hybridized carbons (Fsp3) is 0.875. The van der Waals surface area contributed by atoms with Crippen LogP contribution in [0.2, 0.25) is 0 Å². The highest BCUT2D eigenvalue weighted by atomic mass is 31.2. The van der Waals surface area contributed by atoms with Gasteiger partial charge in [0.05, 0.1) is 5.60 Å². The number of unbranched alkanes of at least 4 members (excludes halogenated alkanes) is 15. The average molecular weight is 652 g/mol. The van der Waals surface area contributed by atoms with Gasteiger partial charge in [0, 0.05) is 30.5 Å². The van der Waals surface area contributed by atoms with Crippen LogP contribution in [0.25, 0.3) is 0 Å². The van der Waals surface area contributed by atoms with Gasteiger partial charge in [0.2, 0.25) is 7.37 Å². The minimum absolute atomic E-state index is 0.0302. The van der Waals surface area contributed by atoms with Crippen molar-refractivity contribution in [2.75, 3.05) is 12.3 Å². The summed E-state index contributed by atoms with van der Waals surface area (Å²) in [4.78, 5) is 10.9. The average Bonchev–Trinajstić information content (AvgIpc) is 2.87. The Kier molecular flexibility index (Phi) is 23.0. The molecule has 0 bridgehead atoms. The molecule has 0 rings (SSSR count). The fourth-order valence-corrected chi connectivity index (χ4v) is 9.74. The maximum absolute atomic E-state index is 13.5. The first-order valence-electron chi connectivity index (χ1n) is 18.7. The van der Waals surface area contributed by atoms with Crippen LogP contribution in [0.3, 0.4) is 0 Å². The molecule has 0 amide bonds. The largest absolute Gasteiger partial charge is 0.382 e. The molecule has 1 N–H and O–H groups in total. The lowest BCUT2D eigenvalue weighted by atomic mass is 9.85. The van der Waals surface area contributed by atoms with Crippen molar-refractivity contribution in [2.45, 2.75) is 202 Å². The number of rotatable bonds is 28. The highest BCUT2D eigenvalue weighted by Crippen LogP contribution is 2.54. The van der Waals surface area contributed by atoms with Gasteiger partial charge in [0.1, 0.15) is 6.29 Å². The lowest BCUT2D eigenvalue weighted by Crippen LogP contribution is -2.31. The van der Waals surface area contributed by atoms with E-state index in [1.807, 2.05) is 20.8 Å². The van der Waals surface area contributed by atoms with Crippen LogP contribution in [-0.2, 0) is 13.9 Å². The van der Waals surface area contributed by atoms with Crippen molar-refractivity contribution in [3.63, 3.8) is 0 Å². The quantitative estimate of drug-likeness (QED) is 0.0396. The number of hydrogen-bond acceptors (Lipinski definition) is 4. The first-order valence-corrected chi connectivity index (χ1v) is 20.7. The molecular weight excluding hydrogens is 573 g/mol. The molecule has 0 heterocycles. The van der Waals surface area contributed by atoms with Gasteiger partial charge in [-0.3, -0.25) is 4.57 Å². The van der Waals surface area contributed by atoms with E-state index >= 15 is 0 Å². The summed E-state index contributed by atoms with van der Waals surface area (Å²) in [5, 5.41) is 3.58. The summed E-state index contributed by atoms with van der Waals surface area (Å²) in [6.45, 7) is 27.8. The molecule has 0 saturated heterocycles. The third-order valence-corrected chi connectivity index (χ3v) is 11.4. The Labute approximate surface area is 282 Å². The molecule has 2 atom stereocenters. The van der Waals surface area contributed by atoms with Crippen molar-refractivity contribution >= 4 is 13.7 Å². The third-order valence-electron chi connectivity index (χ3n) is 8.08. The van der Waals surface area contributed by atoms with Crippen LogP contribution in [-0.4, -0.2) is 30.3 Å². The van der Waals surface area contributed by atoms with Gasteiger partial charge in [-0.15, -0.1) is 0 Å². The molecule has 45 heavy (non-hydrogen) atoms. The van der Waals surface area contributed by atoms with Crippen LogP contribution in [0, 0.1) is 10.8 Å². The second-order valence-electron chi connectivity index (χ2n) is 17.3. The van der Waals surface area contributed by atoms with Crippen LogP contribution in [0.15, 0.2) is 24.4 Å². The summed E-state index contributed by atoms with van der Waals surface area (Å²) in [7, 11) is -2.59. The molecule has 4 nitrogen and oxygen atoms in total. The number of hydrogen-bond donors (Lipinski definition) is 1. The minimum atomic E-state index is -2.59. The van der Waals surface area contributed by atoms with Gasteiger partial charge in [0.15, 0.2) is 0 Å². The highest BCUT2D eigenvalue weighted by Gasteiger charge is 2.33. The number of nitrogens with one attached hydrogen (secondary N) is 1. The van der Waals surface area contributed by atoms with E-state index in [9.17, 15) is 9.36 Å². The van der Waals surface area contributed by atoms with E-state index in [4.69, 9.17) is 4.52 Å². The summed E-state index contributed by atoms with van der Waals surface area (Å²) in [6, 6.07) is 0.150. The van der Waals surface area contributed by atoms with Crippen molar-refractivity contribution in [1.82, 2.24) is 5.32 Å². The van der Waals surface area contributed by atoms with E-state index < -0.39 is 7.37 Å². The van der Waals surface area contributed by atoms with Gasteiger partial charge in [-0.1, -0.05) is 150 Å². The van der Waals surface area contributed by atoms with E-state index in [-0.39, 0.29) is 22.5 Å². The number of carbonyl (C=O) groups excluding carboxylic acids is 1. The van der Waals surface area contributed by atoms with Gasteiger partial charge >= 0.3 is 0 Å². The third kappa shape index (κ3) is 29.0. The summed E-state index contributed by atoms with van der Waals surface area (Å²) in [6.07, 6.45) is 26.6. The molecule has 2 unspecified atom stereocenters. The molecule has 0 saturated carbocycles. The second-order valence-corrected chi connectivity index (χ2v) is 19.9. The van der Waals surface area contributed by atoms with Crippen LogP contribution in [0.5, 0.6) is 0 Å². The van der Waals surface area contributed by atoms with Crippen molar-refractivity contribution in [1.29, 1.82) is 0 Å². The Bertz CT molecular complexity index is 823. The van der Waals surface area contributed by atoms with Gasteiger partial charge in [-0.25, -0.2) is 0 Å². The normalized spacial score (nSPS) is 14.6. The summed E-state index contributed by atoms with van der Waals surface area (Å²) < 4.78 is 19.6. The molecule has 0 radical (unpaired) electrons. The van der Waals surface area contributed by atoms with Crippen LogP contribution in [0.4, 0.5) is 0 Å². The summed E-state index contributed by atoms with van der Waals surface area (Å²) in [5.74, 6) is 0. The van der Waals surface area contributed by atoms with Crippen molar-refractivity contribution in [2.24, 2.45) is 10.8 Å². The Morgan fingerprint density at radius 1 is 0.689 bits per heavy atom. The molecule has 0 aliphatic heterocycles. The molecule has 0 spiro atoms. The molecule has 0 aliphatic rings. The molecule has 5 heteroatoms. The molecule has 0 aromatic rings. The molecule has 0 aliphatic carbocycles. The van der Waals surface area contributed by atoms with Crippen LogP contribution < -0.4 is 5.32 Å². The van der Waals surface area contributed by atoms with Gasteiger partial charge < -0.3 is 14.6 Å². The van der Waals surface area contributed by atoms with E-state index in [2.05, 4.69) is 60.0 Å². The molecule has 266 valence electrons. The lowest BCUT2D eigenvalue weighted by Gasteiger charge is -2.32. The predicted molar refractivity (Wildman–Crippen MR) is 201 cm³/mol. The molecule has 0 fully saturated rings. The number of allylic oxidation sites excluding steroid dienone is 1. The first kappa shape index (κ1) is 44.1. The van der Waals surface area contributed by atoms with Crippen molar-refractivity contribution in [3.05, 3.63) is 24.4 Å².